The molecule has 1 heterocycles. The molecule has 194 valence electrons. The molecule has 0 atom stereocenters. The lowest BCUT2D eigenvalue weighted by atomic mass is 10.0. The van der Waals surface area contributed by atoms with Gasteiger partial charge in [-0.25, -0.2) is 4.68 Å². The van der Waals surface area contributed by atoms with E-state index >= 15 is 0 Å². The van der Waals surface area contributed by atoms with Crippen molar-refractivity contribution >= 4 is 23.0 Å². The Morgan fingerprint density at radius 3 is 2.00 bits per heavy atom. The number of amidine groups is 1. The first-order chi connectivity index (χ1) is 19.7. The fraction of sp³-hybridized carbons (Fsp3) is 0.0312. The van der Waals surface area contributed by atoms with Gasteiger partial charge in [-0.15, -0.1) is 0 Å². The lowest BCUT2D eigenvalue weighted by molar-refractivity contribution is 0.106. The number of hydrazone groups is 2. The summed E-state index contributed by atoms with van der Waals surface area (Å²) in [7, 11) is 0. The highest BCUT2D eigenvalue weighted by Crippen LogP contribution is 2.29. The van der Waals surface area contributed by atoms with Crippen molar-refractivity contribution in [1.82, 2.24) is 15.2 Å². The number of hydrogen-bond donors (Lipinski definition) is 2. The number of ketones is 1. The highest BCUT2D eigenvalue weighted by molar-refractivity contribution is 6.45. The number of Topliss-reactive ketones (excluding diaryl/α,β-unsaturated/α-hetero) is 1. The molecular formula is C32H25N7O. The van der Waals surface area contributed by atoms with Crippen LogP contribution in [0, 0.1) is 11.3 Å². The van der Waals surface area contributed by atoms with Crippen LogP contribution < -0.4 is 10.9 Å². The molecule has 0 fully saturated rings. The number of nitrogens with one attached hydrogen (secondary N) is 2. The number of rotatable bonds is 8. The maximum absolute atomic E-state index is 13.3. The van der Waals surface area contributed by atoms with E-state index in [1.165, 1.54) is 0 Å². The van der Waals surface area contributed by atoms with Crippen molar-refractivity contribution in [1.29, 1.82) is 5.26 Å². The van der Waals surface area contributed by atoms with Crippen molar-refractivity contribution in [2.75, 3.05) is 5.43 Å². The first-order valence-electron chi connectivity index (χ1n) is 12.6. The third-order valence-corrected chi connectivity index (χ3v) is 6.04. The molecule has 0 spiro atoms. The van der Waals surface area contributed by atoms with Crippen LogP contribution in [0.25, 0.3) is 16.9 Å². The Bertz CT molecular complexity index is 1700. The standard InChI is InChI=1S/C32H25N7O/c1-23(34-36-32(31(40)25-16-8-3-9-17-25)37-35-26-18-10-4-11-19-26)29-28(22-33)30(24-14-6-2-7-15-24)39(38-29)27-20-12-5-13-21-27/h2-21,35H,1H3,(H,36,37)/b34-23+. The first-order valence-corrected chi connectivity index (χ1v) is 12.6. The molecule has 0 aliphatic heterocycles. The van der Waals surface area contributed by atoms with Gasteiger partial charge < -0.3 is 0 Å². The van der Waals surface area contributed by atoms with Crippen LogP contribution in [-0.2, 0) is 0 Å². The highest BCUT2D eigenvalue weighted by Gasteiger charge is 2.23. The van der Waals surface area contributed by atoms with Crippen LogP contribution in [0.2, 0.25) is 0 Å². The van der Waals surface area contributed by atoms with Gasteiger partial charge in [0.25, 0.3) is 0 Å². The zero-order chi connectivity index (χ0) is 27.7. The second-order valence-electron chi connectivity index (χ2n) is 8.74. The zero-order valence-corrected chi connectivity index (χ0v) is 21.7. The van der Waals surface area contributed by atoms with Gasteiger partial charge in [-0.3, -0.25) is 15.6 Å². The molecule has 5 aromatic rings. The van der Waals surface area contributed by atoms with Gasteiger partial charge in [-0.05, 0) is 31.2 Å². The number of aromatic nitrogens is 2. The normalized spacial score (nSPS) is 11.5. The van der Waals surface area contributed by atoms with E-state index in [4.69, 9.17) is 5.10 Å². The summed E-state index contributed by atoms with van der Waals surface area (Å²) >= 11 is 0. The summed E-state index contributed by atoms with van der Waals surface area (Å²) in [4.78, 5) is 13.3. The molecule has 8 nitrogen and oxygen atoms in total. The van der Waals surface area contributed by atoms with E-state index < -0.39 is 0 Å². The van der Waals surface area contributed by atoms with E-state index in [1.807, 2.05) is 97.1 Å². The molecule has 4 aromatic carbocycles. The number of hydrogen-bond acceptors (Lipinski definition) is 6. The average molecular weight is 524 g/mol. The fourth-order valence-corrected chi connectivity index (χ4v) is 4.07. The van der Waals surface area contributed by atoms with Gasteiger partial charge in [0.05, 0.1) is 22.8 Å². The molecule has 0 radical (unpaired) electrons. The minimum Gasteiger partial charge on any atom is -0.285 e. The molecular weight excluding hydrogens is 498 g/mol. The third-order valence-electron chi connectivity index (χ3n) is 6.04. The quantitative estimate of drug-likeness (QED) is 0.112. The Morgan fingerprint density at radius 2 is 1.38 bits per heavy atom. The van der Waals surface area contributed by atoms with Crippen LogP contribution in [-0.4, -0.2) is 27.1 Å². The first kappa shape index (κ1) is 25.8. The van der Waals surface area contributed by atoms with E-state index in [0.29, 0.717) is 33.9 Å². The summed E-state index contributed by atoms with van der Waals surface area (Å²) in [6, 6.07) is 39.6. The minimum absolute atomic E-state index is 0.0151. The van der Waals surface area contributed by atoms with Crippen molar-refractivity contribution in [3.63, 3.8) is 0 Å². The highest BCUT2D eigenvalue weighted by atomic mass is 16.1. The molecule has 2 N–H and O–H groups in total. The van der Waals surface area contributed by atoms with Gasteiger partial charge in [0, 0.05) is 11.1 Å². The molecule has 40 heavy (non-hydrogen) atoms. The van der Waals surface area contributed by atoms with E-state index in [1.54, 1.807) is 35.9 Å². The SMILES string of the molecule is C/C(=N\N/C(=N/Nc1ccccc1)C(=O)c1ccccc1)c1nn(-c2ccccc2)c(-c2ccccc2)c1C#N. The van der Waals surface area contributed by atoms with Gasteiger partial charge in [-0.1, -0.05) is 97.1 Å². The molecule has 1 aromatic heterocycles. The summed E-state index contributed by atoms with van der Waals surface area (Å²) in [5.74, 6) is -0.362. The van der Waals surface area contributed by atoms with Gasteiger partial charge in [0.1, 0.15) is 17.3 Å². The Morgan fingerprint density at radius 1 is 0.800 bits per heavy atom. The number of carbonyl (C=O) groups is 1. The van der Waals surface area contributed by atoms with Gasteiger partial charge in [0.15, 0.2) is 0 Å². The summed E-state index contributed by atoms with van der Waals surface area (Å²) in [6.07, 6.45) is 0. The zero-order valence-electron chi connectivity index (χ0n) is 21.7. The smallest absolute Gasteiger partial charge is 0.231 e. The lowest BCUT2D eigenvalue weighted by Crippen LogP contribution is -2.29. The number of para-hydroxylation sites is 2. The van der Waals surface area contributed by atoms with Crippen molar-refractivity contribution < 1.29 is 4.79 Å². The predicted molar refractivity (Wildman–Crippen MR) is 157 cm³/mol. The summed E-state index contributed by atoms with van der Waals surface area (Å²) in [5, 5.41) is 23.8. The largest absolute Gasteiger partial charge is 0.285 e. The summed E-state index contributed by atoms with van der Waals surface area (Å²) in [6.45, 7) is 1.73. The van der Waals surface area contributed by atoms with Crippen molar-refractivity contribution in [3.8, 4) is 23.0 Å². The van der Waals surface area contributed by atoms with E-state index in [0.717, 1.165) is 11.3 Å². The number of nitriles is 1. The monoisotopic (exact) mass is 523 g/mol. The van der Waals surface area contributed by atoms with Crippen molar-refractivity contribution in [3.05, 3.63) is 138 Å². The number of anilines is 1. The second-order valence-corrected chi connectivity index (χ2v) is 8.74. The molecule has 0 saturated heterocycles. The Hall–Kier alpha value is -5.81. The van der Waals surface area contributed by atoms with Crippen LogP contribution in [0.15, 0.2) is 132 Å². The summed E-state index contributed by atoms with van der Waals surface area (Å²) in [5.41, 5.74) is 10.4. The Kier molecular flexibility index (Phi) is 7.85. The number of benzene rings is 4. The molecule has 0 amide bonds. The molecule has 0 aliphatic rings. The van der Waals surface area contributed by atoms with Crippen molar-refractivity contribution in [2.24, 2.45) is 10.2 Å². The molecule has 8 heteroatoms. The Labute approximate surface area is 231 Å². The topological polar surface area (TPSA) is 107 Å². The summed E-state index contributed by atoms with van der Waals surface area (Å²) < 4.78 is 1.74. The average Bonchev–Trinajstić information content (AvgIpc) is 3.42. The maximum Gasteiger partial charge on any atom is 0.231 e. The van der Waals surface area contributed by atoms with Crippen LogP contribution in [0.4, 0.5) is 5.69 Å². The van der Waals surface area contributed by atoms with Crippen LogP contribution >= 0.6 is 0 Å². The molecule has 0 unspecified atom stereocenters. The van der Waals surface area contributed by atoms with E-state index in [-0.39, 0.29) is 11.6 Å². The third kappa shape index (κ3) is 5.69. The van der Waals surface area contributed by atoms with E-state index in [2.05, 4.69) is 27.1 Å². The van der Waals surface area contributed by atoms with Crippen LogP contribution in [0.1, 0.15) is 28.5 Å². The minimum atomic E-state index is -0.346. The van der Waals surface area contributed by atoms with Crippen molar-refractivity contribution in [2.45, 2.75) is 6.92 Å². The van der Waals surface area contributed by atoms with Gasteiger partial charge >= 0.3 is 0 Å². The lowest BCUT2D eigenvalue weighted by Gasteiger charge is -2.07. The molecule has 0 bridgehead atoms. The maximum atomic E-state index is 13.3. The van der Waals surface area contributed by atoms with Gasteiger partial charge in [0.2, 0.25) is 11.6 Å². The van der Waals surface area contributed by atoms with Gasteiger partial charge in [-0.2, -0.15) is 20.6 Å². The molecule has 0 aliphatic carbocycles. The fourth-order valence-electron chi connectivity index (χ4n) is 4.07. The van der Waals surface area contributed by atoms with Crippen LogP contribution in [0.5, 0.6) is 0 Å². The van der Waals surface area contributed by atoms with E-state index in [9.17, 15) is 10.1 Å². The second kappa shape index (κ2) is 12.2. The molecule has 0 saturated carbocycles. The number of carbonyl (C=O) groups excluding carboxylic acids is 1. The molecule has 5 rings (SSSR count). The Balaban J connectivity index is 1.54. The predicted octanol–water partition coefficient (Wildman–Crippen LogP) is 6.03. The number of nitrogens with zero attached hydrogens (tertiary/aromatic N) is 5. The van der Waals surface area contributed by atoms with Crippen LogP contribution in [0.3, 0.4) is 0 Å².